The molecule has 3 N–H and O–H groups in total. The van der Waals surface area contributed by atoms with Crippen LogP contribution in [0, 0.1) is 5.92 Å². The van der Waals surface area contributed by atoms with Crippen LogP contribution in [0.5, 0.6) is 0 Å². The molecular weight excluding hydrogens is 465 g/mol. The molecule has 0 heterocycles. The molecule has 0 bridgehead atoms. The smallest absolute Gasteiger partial charge is 0.223 e. The highest BCUT2D eigenvalue weighted by molar-refractivity contribution is 14.0. The Morgan fingerprint density at radius 1 is 1.11 bits per heavy atom. The number of hydrogen-bond acceptors (Lipinski definition) is 3. The van der Waals surface area contributed by atoms with Gasteiger partial charge in [0, 0.05) is 25.0 Å². The number of nitrogens with one attached hydrogen (secondary N) is 3. The Kier molecular flexibility index (Phi) is 16.9. The zero-order chi connectivity index (χ0) is 19.9. The molecule has 0 aromatic rings. The molecular formula is C21H44IN5O. The molecule has 1 amide bonds. The summed E-state index contributed by atoms with van der Waals surface area (Å²) < 4.78 is 0. The van der Waals surface area contributed by atoms with Crippen LogP contribution in [0.4, 0.5) is 0 Å². The molecule has 1 saturated carbocycles. The van der Waals surface area contributed by atoms with Crippen molar-refractivity contribution in [3.8, 4) is 0 Å². The van der Waals surface area contributed by atoms with E-state index in [0.29, 0.717) is 19.1 Å². The van der Waals surface area contributed by atoms with Gasteiger partial charge in [-0.2, -0.15) is 0 Å². The van der Waals surface area contributed by atoms with Gasteiger partial charge in [0.05, 0.1) is 6.54 Å². The Morgan fingerprint density at radius 3 is 2.39 bits per heavy atom. The van der Waals surface area contributed by atoms with Crippen molar-refractivity contribution < 1.29 is 4.79 Å². The van der Waals surface area contributed by atoms with Crippen molar-refractivity contribution in [2.24, 2.45) is 10.9 Å². The average Bonchev–Trinajstić information content (AvgIpc) is 2.69. The summed E-state index contributed by atoms with van der Waals surface area (Å²) in [4.78, 5) is 19.2. The first-order valence-electron chi connectivity index (χ1n) is 11.2. The molecule has 0 aromatic carbocycles. The number of halogens is 1. The van der Waals surface area contributed by atoms with Gasteiger partial charge in [0.2, 0.25) is 5.91 Å². The second-order valence-electron chi connectivity index (χ2n) is 7.60. The number of hydrogen-bond donors (Lipinski definition) is 3. The van der Waals surface area contributed by atoms with E-state index in [0.717, 1.165) is 51.4 Å². The largest absolute Gasteiger partial charge is 0.357 e. The minimum Gasteiger partial charge on any atom is -0.357 e. The molecule has 7 heteroatoms. The van der Waals surface area contributed by atoms with Crippen molar-refractivity contribution in [1.29, 1.82) is 0 Å². The first kappa shape index (κ1) is 27.4. The monoisotopic (exact) mass is 509 g/mol. The van der Waals surface area contributed by atoms with Crippen LogP contribution in [0.25, 0.3) is 0 Å². The van der Waals surface area contributed by atoms with Crippen LogP contribution in [0.3, 0.4) is 0 Å². The highest BCUT2D eigenvalue weighted by atomic mass is 127. The van der Waals surface area contributed by atoms with E-state index < -0.39 is 0 Å². The predicted octanol–water partition coefficient (Wildman–Crippen LogP) is 3.37. The van der Waals surface area contributed by atoms with E-state index in [1.54, 1.807) is 0 Å². The molecule has 1 fully saturated rings. The summed E-state index contributed by atoms with van der Waals surface area (Å²) in [5.74, 6) is 1.28. The summed E-state index contributed by atoms with van der Waals surface area (Å²) >= 11 is 0. The van der Waals surface area contributed by atoms with Crippen LogP contribution in [-0.2, 0) is 4.79 Å². The van der Waals surface area contributed by atoms with Gasteiger partial charge in [-0.05, 0) is 59.2 Å². The number of nitrogens with zero attached hydrogens (tertiary/aromatic N) is 2. The topological polar surface area (TPSA) is 68.8 Å². The Morgan fingerprint density at radius 2 is 1.79 bits per heavy atom. The van der Waals surface area contributed by atoms with Crippen LogP contribution in [0.1, 0.15) is 72.6 Å². The Bertz CT molecular complexity index is 423. The molecule has 1 aliphatic carbocycles. The molecule has 166 valence electrons. The lowest BCUT2D eigenvalue weighted by atomic mass is 9.89. The lowest BCUT2D eigenvalue weighted by molar-refractivity contribution is -0.125. The minimum atomic E-state index is 0. The van der Waals surface area contributed by atoms with E-state index in [2.05, 4.69) is 53.5 Å². The summed E-state index contributed by atoms with van der Waals surface area (Å²) in [5.41, 5.74) is 0. The number of guanidine groups is 1. The van der Waals surface area contributed by atoms with Crippen molar-refractivity contribution >= 4 is 35.8 Å². The van der Waals surface area contributed by atoms with Crippen LogP contribution < -0.4 is 16.0 Å². The molecule has 0 aromatic heterocycles. The van der Waals surface area contributed by atoms with E-state index in [-0.39, 0.29) is 35.8 Å². The fourth-order valence-corrected chi connectivity index (χ4v) is 3.64. The Labute approximate surface area is 190 Å². The molecule has 0 aliphatic heterocycles. The number of rotatable bonds is 12. The number of amides is 1. The number of aliphatic imine (C=N–C) groups is 1. The SMILES string of the molecule is CCNC(=NCCNC(=O)C1CCCCC1)NC(C)CCCN(CC)CC.I. The van der Waals surface area contributed by atoms with E-state index in [1.807, 2.05) is 0 Å². The van der Waals surface area contributed by atoms with Gasteiger partial charge in [-0.25, -0.2) is 0 Å². The third kappa shape index (κ3) is 12.1. The van der Waals surface area contributed by atoms with Crippen molar-refractivity contribution in [2.75, 3.05) is 39.3 Å². The highest BCUT2D eigenvalue weighted by Crippen LogP contribution is 2.23. The fourth-order valence-electron chi connectivity index (χ4n) is 3.64. The average molecular weight is 510 g/mol. The number of carbonyl (C=O) groups excluding carboxylic acids is 1. The standard InChI is InChI=1S/C21H43N5O.HI/c1-5-22-21(25-18(4)12-11-17-26(6-2)7-3)24-16-15-23-20(27)19-13-9-8-10-14-19;/h18-19H,5-17H2,1-4H3,(H,23,27)(H2,22,24,25);1H. The van der Waals surface area contributed by atoms with E-state index >= 15 is 0 Å². The maximum absolute atomic E-state index is 12.2. The van der Waals surface area contributed by atoms with Gasteiger partial charge in [0.25, 0.3) is 0 Å². The van der Waals surface area contributed by atoms with E-state index in [1.165, 1.54) is 25.7 Å². The van der Waals surface area contributed by atoms with Crippen molar-refractivity contribution in [2.45, 2.75) is 78.7 Å². The van der Waals surface area contributed by atoms with Crippen molar-refractivity contribution in [1.82, 2.24) is 20.9 Å². The van der Waals surface area contributed by atoms with Gasteiger partial charge in [0.1, 0.15) is 0 Å². The molecule has 28 heavy (non-hydrogen) atoms. The lowest BCUT2D eigenvalue weighted by Gasteiger charge is -2.21. The van der Waals surface area contributed by atoms with Crippen LogP contribution in [0.15, 0.2) is 4.99 Å². The van der Waals surface area contributed by atoms with Crippen LogP contribution in [0.2, 0.25) is 0 Å². The quantitative estimate of drug-likeness (QED) is 0.163. The van der Waals surface area contributed by atoms with Crippen LogP contribution >= 0.6 is 24.0 Å². The molecule has 1 aliphatic rings. The van der Waals surface area contributed by atoms with Crippen LogP contribution in [-0.4, -0.2) is 62.1 Å². The molecule has 0 spiro atoms. The van der Waals surface area contributed by atoms with Gasteiger partial charge in [-0.3, -0.25) is 9.79 Å². The van der Waals surface area contributed by atoms with Gasteiger partial charge >= 0.3 is 0 Å². The summed E-state index contributed by atoms with van der Waals surface area (Å²) in [6.07, 6.45) is 8.06. The molecule has 6 nitrogen and oxygen atoms in total. The van der Waals surface area contributed by atoms with Gasteiger partial charge in [-0.15, -0.1) is 24.0 Å². The summed E-state index contributed by atoms with van der Waals surface area (Å²) in [6, 6.07) is 0.384. The summed E-state index contributed by atoms with van der Waals surface area (Å²) in [5, 5.41) is 9.84. The minimum absolute atomic E-state index is 0. The maximum Gasteiger partial charge on any atom is 0.223 e. The molecule has 1 unspecified atom stereocenters. The Hall–Kier alpha value is -0.570. The van der Waals surface area contributed by atoms with Crippen molar-refractivity contribution in [3.05, 3.63) is 0 Å². The summed E-state index contributed by atoms with van der Waals surface area (Å²) in [7, 11) is 0. The first-order chi connectivity index (χ1) is 13.1. The normalized spacial score (nSPS) is 16.4. The van der Waals surface area contributed by atoms with E-state index in [4.69, 9.17) is 0 Å². The molecule has 1 rings (SSSR count). The van der Waals surface area contributed by atoms with Gasteiger partial charge in [-0.1, -0.05) is 33.1 Å². The maximum atomic E-state index is 12.2. The van der Waals surface area contributed by atoms with Crippen molar-refractivity contribution in [3.63, 3.8) is 0 Å². The van der Waals surface area contributed by atoms with Gasteiger partial charge < -0.3 is 20.9 Å². The Balaban J connectivity index is 0.00000729. The zero-order valence-corrected chi connectivity index (χ0v) is 20.9. The second-order valence-corrected chi connectivity index (χ2v) is 7.60. The molecule has 0 radical (unpaired) electrons. The number of carbonyl (C=O) groups is 1. The summed E-state index contributed by atoms with van der Waals surface area (Å²) in [6.45, 7) is 14.2. The zero-order valence-electron chi connectivity index (χ0n) is 18.6. The van der Waals surface area contributed by atoms with E-state index in [9.17, 15) is 4.79 Å². The van der Waals surface area contributed by atoms with Gasteiger partial charge in [0.15, 0.2) is 5.96 Å². The second kappa shape index (κ2) is 17.3. The lowest BCUT2D eigenvalue weighted by Crippen LogP contribution is -2.43. The molecule has 1 atom stereocenters. The fraction of sp³-hybridized carbons (Fsp3) is 0.905. The third-order valence-electron chi connectivity index (χ3n) is 5.39. The first-order valence-corrected chi connectivity index (χ1v) is 11.2. The predicted molar refractivity (Wildman–Crippen MR) is 131 cm³/mol. The third-order valence-corrected chi connectivity index (χ3v) is 5.39. The molecule has 0 saturated heterocycles. The highest BCUT2D eigenvalue weighted by Gasteiger charge is 2.20.